The van der Waals surface area contributed by atoms with E-state index in [1.807, 2.05) is 12.4 Å². The highest BCUT2D eigenvalue weighted by Crippen LogP contribution is 2.22. The number of pyridine rings is 1. The summed E-state index contributed by atoms with van der Waals surface area (Å²) >= 11 is 0. The molecule has 2 aromatic rings. The Balaban J connectivity index is 1.32. The second-order valence-corrected chi connectivity index (χ2v) is 8.87. The Bertz CT molecular complexity index is 665. The molecular weight excluding hydrogens is 330 g/mol. The van der Waals surface area contributed by atoms with E-state index < -0.39 is 0 Å². The zero-order chi connectivity index (χ0) is 19.1. The lowest BCUT2D eigenvalue weighted by molar-refractivity contribution is 0.200. The molecule has 1 aromatic heterocycles. The SMILES string of the molecule is CC(C)(C)c1ccc(CCNC2CCN(CCc3ccncc3)CC2)cc1. The van der Waals surface area contributed by atoms with Gasteiger partial charge in [-0.05, 0) is 79.6 Å². The van der Waals surface area contributed by atoms with Gasteiger partial charge in [-0.15, -0.1) is 0 Å². The Labute approximate surface area is 165 Å². The summed E-state index contributed by atoms with van der Waals surface area (Å²) in [6.07, 6.45) is 8.56. The van der Waals surface area contributed by atoms with Gasteiger partial charge in [0.1, 0.15) is 0 Å². The first-order chi connectivity index (χ1) is 13.0. The van der Waals surface area contributed by atoms with Gasteiger partial charge in [-0.2, -0.15) is 0 Å². The second-order valence-electron chi connectivity index (χ2n) is 8.87. The van der Waals surface area contributed by atoms with Crippen molar-refractivity contribution in [3.63, 3.8) is 0 Å². The fraction of sp³-hybridized carbons (Fsp3) is 0.542. The van der Waals surface area contributed by atoms with Gasteiger partial charge >= 0.3 is 0 Å². The molecular formula is C24H35N3. The highest BCUT2D eigenvalue weighted by molar-refractivity contribution is 5.27. The number of aromatic nitrogens is 1. The van der Waals surface area contributed by atoms with Gasteiger partial charge in [-0.3, -0.25) is 4.98 Å². The van der Waals surface area contributed by atoms with Crippen LogP contribution in [0.5, 0.6) is 0 Å². The summed E-state index contributed by atoms with van der Waals surface area (Å²) in [5, 5.41) is 3.77. The maximum absolute atomic E-state index is 4.09. The molecule has 0 atom stereocenters. The van der Waals surface area contributed by atoms with Gasteiger partial charge in [0, 0.05) is 25.0 Å². The van der Waals surface area contributed by atoms with Crippen molar-refractivity contribution in [1.29, 1.82) is 0 Å². The van der Waals surface area contributed by atoms with E-state index in [1.54, 1.807) is 0 Å². The fourth-order valence-electron chi connectivity index (χ4n) is 3.79. The van der Waals surface area contributed by atoms with Gasteiger partial charge in [0.25, 0.3) is 0 Å². The van der Waals surface area contributed by atoms with E-state index >= 15 is 0 Å². The van der Waals surface area contributed by atoms with E-state index in [9.17, 15) is 0 Å². The Morgan fingerprint density at radius 2 is 1.56 bits per heavy atom. The summed E-state index contributed by atoms with van der Waals surface area (Å²) in [6.45, 7) is 11.5. The van der Waals surface area contributed by atoms with Crippen molar-refractivity contribution in [3.8, 4) is 0 Å². The molecule has 0 spiro atoms. The molecule has 1 aliphatic heterocycles. The van der Waals surface area contributed by atoms with Crippen LogP contribution in [0, 0.1) is 0 Å². The van der Waals surface area contributed by atoms with Gasteiger partial charge in [0.2, 0.25) is 0 Å². The molecule has 0 radical (unpaired) electrons. The maximum atomic E-state index is 4.09. The first kappa shape index (κ1) is 20.0. The van der Waals surface area contributed by atoms with Crippen molar-refractivity contribution in [3.05, 3.63) is 65.5 Å². The van der Waals surface area contributed by atoms with Gasteiger partial charge in [-0.25, -0.2) is 0 Å². The monoisotopic (exact) mass is 365 g/mol. The Kier molecular flexibility index (Phi) is 7.03. The number of benzene rings is 1. The number of rotatable bonds is 7. The number of nitrogens with zero attached hydrogens (tertiary/aromatic N) is 2. The van der Waals surface area contributed by atoms with Crippen molar-refractivity contribution >= 4 is 0 Å². The normalized spacial score (nSPS) is 16.6. The van der Waals surface area contributed by atoms with Crippen molar-refractivity contribution in [1.82, 2.24) is 15.2 Å². The molecule has 3 rings (SSSR count). The molecule has 0 bridgehead atoms. The third kappa shape index (κ3) is 6.44. The van der Waals surface area contributed by atoms with Crippen LogP contribution in [0.3, 0.4) is 0 Å². The van der Waals surface area contributed by atoms with Crippen LogP contribution in [0.15, 0.2) is 48.8 Å². The van der Waals surface area contributed by atoms with E-state index in [2.05, 4.69) is 72.4 Å². The van der Waals surface area contributed by atoms with Crippen molar-refractivity contribution in [2.24, 2.45) is 0 Å². The minimum absolute atomic E-state index is 0.238. The van der Waals surface area contributed by atoms with E-state index in [1.165, 1.54) is 42.6 Å². The van der Waals surface area contributed by atoms with Crippen molar-refractivity contribution in [2.45, 2.75) is 57.9 Å². The summed E-state index contributed by atoms with van der Waals surface area (Å²) in [5.41, 5.74) is 4.48. The molecule has 0 aliphatic carbocycles. The number of nitrogens with one attached hydrogen (secondary N) is 1. The summed E-state index contributed by atoms with van der Waals surface area (Å²) in [5.74, 6) is 0. The molecule has 0 unspecified atom stereocenters. The average Bonchev–Trinajstić information content (AvgIpc) is 2.68. The third-order valence-electron chi connectivity index (χ3n) is 5.72. The predicted molar refractivity (Wildman–Crippen MR) is 114 cm³/mol. The van der Waals surface area contributed by atoms with Crippen LogP contribution in [0.25, 0.3) is 0 Å². The molecule has 1 aromatic carbocycles. The summed E-state index contributed by atoms with van der Waals surface area (Å²) < 4.78 is 0. The van der Waals surface area contributed by atoms with E-state index in [0.717, 1.165) is 25.9 Å². The van der Waals surface area contributed by atoms with Crippen molar-refractivity contribution in [2.75, 3.05) is 26.2 Å². The van der Waals surface area contributed by atoms with Crippen molar-refractivity contribution < 1.29 is 0 Å². The van der Waals surface area contributed by atoms with Crippen LogP contribution in [0.4, 0.5) is 0 Å². The fourth-order valence-corrected chi connectivity index (χ4v) is 3.79. The summed E-state index contributed by atoms with van der Waals surface area (Å²) in [6, 6.07) is 14.1. The van der Waals surface area contributed by atoms with Crippen LogP contribution < -0.4 is 5.32 Å². The van der Waals surface area contributed by atoms with Crippen LogP contribution >= 0.6 is 0 Å². The zero-order valence-electron chi connectivity index (χ0n) is 17.2. The molecule has 2 heterocycles. The average molecular weight is 366 g/mol. The zero-order valence-corrected chi connectivity index (χ0v) is 17.2. The summed E-state index contributed by atoms with van der Waals surface area (Å²) in [7, 11) is 0. The highest BCUT2D eigenvalue weighted by Gasteiger charge is 2.18. The van der Waals surface area contributed by atoms with Crippen LogP contribution in [-0.2, 0) is 18.3 Å². The van der Waals surface area contributed by atoms with Crippen LogP contribution in [0.1, 0.15) is 50.3 Å². The topological polar surface area (TPSA) is 28.2 Å². The largest absolute Gasteiger partial charge is 0.314 e. The summed E-state index contributed by atoms with van der Waals surface area (Å²) in [4.78, 5) is 6.69. The lowest BCUT2D eigenvalue weighted by Crippen LogP contribution is -2.43. The molecule has 27 heavy (non-hydrogen) atoms. The number of piperidine rings is 1. The van der Waals surface area contributed by atoms with Gasteiger partial charge in [0.15, 0.2) is 0 Å². The Hall–Kier alpha value is -1.71. The van der Waals surface area contributed by atoms with E-state index in [-0.39, 0.29) is 5.41 Å². The molecule has 1 saturated heterocycles. The quantitative estimate of drug-likeness (QED) is 0.796. The lowest BCUT2D eigenvalue weighted by Gasteiger charge is -2.32. The minimum Gasteiger partial charge on any atom is -0.314 e. The molecule has 0 saturated carbocycles. The molecule has 146 valence electrons. The molecule has 1 N–H and O–H groups in total. The smallest absolute Gasteiger partial charge is 0.0270 e. The predicted octanol–water partition coefficient (Wildman–Crippen LogP) is 4.22. The standard InChI is InChI=1S/C24H35N3/c1-24(2,3)22-6-4-20(5-7-22)10-16-26-23-12-18-27(19-13-23)17-11-21-8-14-25-15-9-21/h4-9,14-15,23,26H,10-13,16-19H2,1-3H3. The maximum Gasteiger partial charge on any atom is 0.0270 e. The first-order valence-corrected chi connectivity index (χ1v) is 10.4. The van der Waals surface area contributed by atoms with Gasteiger partial charge in [0.05, 0.1) is 0 Å². The molecule has 0 amide bonds. The van der Waals surface area contributed by atoms with Gasteiger partial charge < -0.3 is 10.2 Å². The Morgan fingerprint density at radius 1 is 0.926 bits per heavy atom. The van der Waals surface area contributed by atoms with Crippen LogP contribution in [0.2, 0.25) is 0 Å². The molecule has 1 aliphatic rings. The van der Waals surface area contributed by atoms with E-state index in [4.69, 9.17) is 0 Å². The minimum atomic E-state index is 0.238. The van der Waals surface area contributed by atoms with Gasteiger partial charge in [-0.1, -0.05) is 45.0 Å². The third-order valence-corrected chi connectivity index (χ3v) is 5.72. The number of hydrogen-bond donors (Lipinski definition) is 1. The molecule has 1 fully saturated rings. The van der Waals surface area contributed by atoms with E-state index in [0.29, 0.717) is 6.04 Å². The molecule has 3 heteroatoms. The number of hydrogen-bond acceptors (Lipinski definition) is 3. The first-order valence-electron chi connectivity index (χ1n) is 10.4. The second kappa shape index (κ2) is 9.48. The highest BCUT2D eigenvalue weighted by atomic mass is 15.1. The number of likely N-dealkylation sites (tertiary alicyclic amines) is 1. The lowest BCUT2D eigenvalue weighted by atomic mass is 9.86. The van der Waals surface area contributed by atoms with Crippen LogP contribution in [-0.4, -0.2) is 42.1 Å². The Morgan fingerprint density at radius 3 is 2.19 bits per heavy atom. The molecule has 3 nitrogen and oxygen atoms in total.